The first-order valence-electron chi connectivity index (χ1n) is 6.81. The molecule has 1 amide bonds. The molecule has 0 radical (unpaired) electrons. The maximum atomic E-state index is 12.4. The fraction of sp³-hybridized carbons (Fsp3) is 0.125. The Labute approximate surface area is 153 Å². The van der Waals surface area contributed by atoms with Gasteiger partial charge in [0.15, 0.2) is 0 Å². The third kappa shape index (κ3) is 4.10. The summed E-state index contributed by atoms with van der Waals surface area (Å²) in [5.41, 5.74) is 0.208. The molecule has 0 atom stereocenters. The number of halogens is 1. The summed E-state index contributed by atoms with van der Waals surface area (Å²) in [5.74, 6) is -0.229. The molecule has 0 spiro atoms. The van der Waals surface area contributed by atoms with Crippen LogP contribution in [0.25, 0.3) is 0 Å². The summed E-state index contributed by atoms with van der Waals surface area (Å²) >= 11 is 3.27. The molecule has 0 aliphatic heterocycles. The molecule has 130 valence electrons. The Morgan fingerprint density at radius 1 is 1.16 bits per heavy atom. The van der Waals surface area contributed by atoms with E-state index in [2.05, 4.69) is 15.9 Å². The molecule has 2 aromatic carbocycles. The lowest BCUT2D eigenvalue weighted by Gasteiger charge is -2.12. The Balaban J connectivity index is 2.37. The lowest BCUT2D eigenvalue weighted by atomic mass is 10.2. The maximum Gasteiger partial charge on any atom is 0.265 e. The fourth-order valence-corrected chi connectivity index (χ4v) is 3.55. The van der Waals surface area contributed by atoms with Gasteiger partial charge in [0, 0.05) is 5.56 Å². The van der Waals surface area contributed by atoms with Gasteiger partial charge in [0.1, 0.15) is 16.0 Å². The van der Waals surface area contributed by atoms with Gasteiger partial charge in [-0.2, -0.15) is 5.26 Å². The van der Waals surface area contributed by atoms with Crippen molar-refractivity contribution < 1.29 is 22.7 Å². The molecule has 0 aliphatic rings. The molecule has 0 saturated carbocycles. The van der Waals surface area contributed by atoms with Gasteiger partial charge in [-0.15, -0.1) is 0 Å². The highest BCUT2D eigenvalue weighted by Crippen LogP contribution is 2.35. The number of rotatable bonds is 5. The standard InChI is InChI=1S/C16H13BrN2O5S/c1-23-13-7-11(8-14(24-2)15(13)17)16(20)19-25(21,22)12-5-3-4-10(6-12)9-18/h3-8H,1-2H3,(H,19,20). The molecule has 0 bridgehead atoms. The molecule has 25 heavy (non-hydrogen) atoms. The minimum atomic E-state index is -4.13. The first kappa shape index (κ1) is 18.8. The molecule has 2 rings (SSSR count). The van der Waals surface area contributed by atoms with E-state index in [1.165, 1.54) is 50.6 Å². The molecular weight excluding hydrogens is 412 g/mol. The number of methoxy groups -OCH3 is 2. The average Bonchev–Trinajstić information content (AvgIpc) is 2.61. The van der Waals surface area contributed by atoms with Crippen LogP contribution in [0.4, 0.5) is 0 Å². The summed E-state index contributed by atoms with van der Waals surface area (Å²) < 4.78 is 37.4. The molecule has 0 fully saturated rings. The van der Waals surface area contributed by atoms with Crippen LogP contribution >= 0.6 is 15.9 Å². The Morgan fingerprint density at radius 2 is 1.76 bits per heavy atom. The van der Waals surface area contributed by atoms with Crippen LogP contribution < -0.4 is 14.2 Å². The zero-order valence-corrected chi connectivity index (χ0v) is 15.6. The minimum Gasteiger partial charge on any atom is -0.495 e. The highest BCUT2D eigenvalue weighted by atomic mass is 79.9. The van der Waals surface area contributed by atoms with E-state index in [4.69, 9.17) is 14.7 Å². The van der Waals surface area contributed by atoms with Crippen LogP contribution in [0.15, 0.2) is 45.8 Å². The van der Waals surface area contributed by atoms with Gasteiger partial charge in [-0.3, -0.25) is 4.79 Å². The van der Waals surface area contributed by atoms with Crippen LogP contribution in [-0.2, 0) is 10.0 Å². The molecule has 9 heteroatoms. The first-order valence-corrected chi connectivity index (χ1v) is 9.09. The van der Waals surface area contributed by atoms with Crippen molar-refractivity contribution in [2.45, 2.75) is 4.90 Å². The van der Waals surface area contributed by atoms with Crippen LogP contribution in [0.3, 0.4) is 0 Å². The van der Waals surface area contributed by atoms with Crippen LogP contribution in [-0.4, -0.2) is 28.5 Å². The number of nitriles is 1. The van der Waals surface area contributed by atoms with Gasteiger partial charge in [-0.1, -0.05) is 6.07 Å². The van der Waals surface area contributed by atoms with Gasteiger partial charge in [0.2, 0.25) is 0 Å². The van der Waals surface area contributed by atoms with Crippen molar-refractivity contribution in [1.82, 2.24) is 4.72 Å². The molecule has 0 unspecified atom stereocenters. The number of hydrogen-bond acceptors (Lipinski definition) is 6. The highest BCUT2D eigenvalue weighted by Gasteiger charge is 2.21. The first-order chi connectivity index (χ1) is 11.8. The smallest absolute Gasteiger partial charge is 0.265 e. The predicted octanol–water partition coefficient (Wildman–Crippen LogP) is 2.46. The van der Waals surface area contributed by atoms with E-state index in [1.807, 2.05) is 10.8 Å². The lowest BCUT2D eigenvalue weighted by molar-refractivity contribution is 0.0980. The number of carbonyl (C=O) groups excluding carboxylic acids is 1. The monoisotopic (exact) mass is 424 g/mol. The van der Waals surface area contributed by atoms with Crippen molar-refractivity contribution in [3.05, 3.63) is 52.0 Å². The summed E-state index contributed by atoms with van der Waals surface area (Å²) in [5, 5.41) is 8.86. The second kappa shape index (κ2) is 7.55. The predicted molar refractivity (Wildman–Crippen MR) is 93.1 cm³/mol. The summed E-state index contributed by atoms with van der Waals surface area (Å²) in [4.78, 5) is 12.2. The molecule has 0 heterocycles. The number of hydrogen-bond donors (Lipinski definition) is 1. The molecule has 0 aliphatic carbocycles. The molecule has 1 N–H and O–H groups in total. The lowest BCUT2D eigenvalue weighted by Crippen LogP contribution is -2.30. The molecular formula is C16H13BrN2O5S. The van der Waals surface area contributed by atoms with E-state index in [-0.39, 0.29) is 16.0 Å². The summed E-state index contributed by atoms with van der Waals surface area (Å²) in [6.45, 7) is 0. The molecule has 2 aromatic rings. The number of sulfonamides is 1. The SMILES string of the molecule is COc1cc(C(=O)NS(=O)(=O)c2cccc(C#N)c2)cc(OC)c1Br. The normalized spacial score (nSPS) is 10.6. The topological polar surface area (TPSA) is 105 Å². The van der Waals surface area contributed by atoms with Crippen molar-refractivity contribution in [3.8, 4) is 17.6 Å². The number of ether oxygens (including phenoxy) is 2. The van der Waals surface area contributed by atoms with Crippen molar-refractivity contribution in [1.29, 1.82) is 5.26 Å². The molecule has 7 nitrogen and oxygen atoms in total. The molecule has 0 saturated heterocycles. The maximum absolute atomic E-state index is 12.4. The Hall–Kier alpha value is -2.57. The van der Waals surface area contributed by atoms with E-state index in [1.54, 1.807) is 0 Å². The van der Waals surface area contributed by atoms with E-state index in [0.717, 1.165) is 0 Å². The number of benzene rings is 2. The van der Waals surface area contributed by atoms with Crippen LogP contribution in [0.1, 0.15) is 15.9 Å². The van der Waals surface area contributed by atoms with E-state index in [0.29, 0.717) is 16.0 Å². The van der Waals surface area contributed by atoms with E-state index >= 15 is 0 Å². The third-order valence-electron chi connectivity index (χ3n) is 3.21. The number of carbonyl (C=O) groups is 1. The van der Waals surface area contributed by atoms with E-state index in [9.17, 15) is 13.2 Å². The fourth-order valence-electron chi connectivity index (χ4n) is 1.97. The zero-order chi connectivity index (χ0) is 18.6. The highest BCUT2D eigenvalue weighted by molar-refractivity contribution is 9.10. The van der Waals surface area contributed by atoms with Crippen molar-refractivity contribution >= 4 is 31.9 Å². The average molecular weight is 425 g/mol. The third-order valence-corrected chi connectivity index (χ3v) is 5.32. The Morgan fingerprint density at radius 3 is 2.28 bits per heavy atom. The van der Waals surface area contributed by atoms with Crippen molar-refractivity contribution in [2.75, 3.05) is 14.2 Å². The number of nitrogens with zero attached hydrogens (tertiary/aromatic N) is 1. The zero-order valence-electron chi connectivity index (χ0n) is 13.2. The van der Waals surface area contributed by atoms with Crippen LogP contribution in [0.2, 0.25) is 0 Å². The largest absolute Gasteiger partial charge is 0.495 e. The van der Waals surface area contributed by atoms with Crippen molar-refractivity contribution in [2.24, 2.45) is 0 Å². The van der Waals surface area contributed by atoms with Gasteiger partial charge in [0.25, 0.3) is 15.9 Å². The van der Waals surface area contributed by atoms with Crippen LogP contribution in [0.5, 0.6) is 11.5 Å². The quantitative estimate of drug-likeness (QED) is 0.789. The minimum absolute atomic E-state index is 0.0388. The van der Waals surface area contributed by atoms with Gasteiger partial charge >= 0.3 is 0 Å². The second-order valence-electron chi connectivity index (χ2n) is 4.77. The van der Waals surface area contributed by atoms with Crippen molar-refractivity contribution in [3.63, 3.8) is 0 Å². The van der Waals surface area contributed by atoms with Gasteiger partial charge in [0.05, 0.1) is 30.7 Å². The van der Waals surface area contributed by atoms with Crippen LogP contribution in [0, 0.1) is 11.3 Å². The second-order valence-corrected chi connectivity index (χ2v) is 7.24. The summed E-state index contributed by atoms with van der Waals surface area (Å²) in [6, 6.07) is 9.95. The van der Waals surface area contributed by atoms with E-state index < -0.39 is 15.9 Å². The number of amides is 1. The Kier molecular flexibility index (Phi) is 5.66. The Bertz CT molecular complexity index is 942. The summed E-state index contributed by atoms with van der Waals surface area (Å²) in [7, 11) is -1.32. The van der Waals surface area contributed by atoms with Gasteiger partial charge in [-0.25, -0.2) is 13.1 Å². The summed E-state index contributed by atoms with van der Waals surface area (Å²) in [6.07, 6.45) is 0. The number of nitrogens with one attached hydrogen (secondary N) is 1. The van der Waals surface area contributed by atoms with Gasteiger partial charge < -0.3 is 9.47 Å². The van der Waals surface area contributed by atoms with Gasteiger partial charge in [-0.05, 0) is 46.3 Å². The molecule has 0 aromatic heterocycles.